The van der Waals surface area contributed by atoms with Crippen molar-refractivity contribution in [2.24, 2.45) is 5.73 Å². The lowest BCUT2D eigenvalue weighted by atomic mass is 9.96. The zero-order valence-corrected chi connectivity index (χ0v) is 10.5. The number of rotatable bonds is 5. The average Bonchev–Trinajstić information content (AvgIpc) is 2.39. The highest BCUT2D eigenvalue weighted by atomic mass is 19.1. The molecule has 2 aromatic carbocycles. The number of hydrogen-bond donors (Lipinski definition) is 1. The van der Waals surface area contributed by atoms with Crippen LogP contribution < -0.4 is 5.73 Å². The highest BCUT2D eigenvalue weighted by Crippen LogP contribution is 2.27. The predicted octanol–water partition coefficient (Wildman–Crippen LogP) is 3.41. The molecular weight excluding hydrogens is 229 g/mol. The van der Waals surface area contributed by atoms with Crippen molar-refractivity contribution in [1.29, 1.82) is 0 Å². The standard InChI is InChI=1S/C15H18FNO/c1-18-10-4-7-15(17)13-8-9-14(16)12-6-3-2-5-11(12)13/h2-3,5-6,8-9,15H,4,7,10,17H2,1H3. The van der Waals surface area contributed by atoms with Gasteiger partial charge in [-0.2, -0.15) is 0 Å². The minimum atomic E-state index is -0.196. The summed E-state index contributed by atoms with van der Waals surface area (Å²) in [5.41, 5.74) is 7.18. The van der Waals surface area contributed by atoms with Crippen LogP contribution in [0.1, 0.15) is 24.4 Å². The molecular formula is C15H18FNO. The van der Waals surface area contributed by atoms with E-state index in [1.807, 2.05) is 18.2 Å². The van der Waals surface area contributed by atoms with E-state index < -0.39 is 0 Å². The Hall–Kier alpha value is -1.45. The third-order valence-electron chi connectivity index (χ3n) is 3.17. The van der Waals surface area contributed by atoms with Crippen LogP contribution in [0.25, 0.3) is 10.8 Å². The van der Waals surface area contributed by atoms with Gasteiger partial charge in [0.25, 0.3) is 0 Å². The monoisotopic (exact) mass is 247 g/mol. The van der Waals surface area contributed by atoms with E-state index in [1.165, 1.54) is 6.07 Å². The molecule has 96 valence electrons. The van der Waals surface area contributed by atoms with E-state index in [2.05, 4.69) is 0 Å². The Labute approximate surface area is 107 Å². The zero-order valence-electron chi connectivity index (χ0n) is 10.5. The van der Waals surface area contributed by atoms with Crippen LogP contribution in [-0.4, -0.2) is 13.7 Å². The molecule has 0 saturated heterocycles. The lowest BCUT2D eigenvalue weighted by molar-refractivity contribution is 0.190. The number of methoxy groups -OCH3 is 1. The van der Waals surface area contributed by atoms with Crippen LogP contribution in [0, 0.1) is 5.82 Å². The van der Waals surface area contributed by atoms with E-state index in [0.29, 0.717) is 12.0 Å². The number of nitrogens with two attached hydrogens (primary N) is 1. The first-order valence-electron chi connectivity index (χ1n) is 6.15. The first kappa shape index (κ1) is 13.0. The molecule has 0 fully saturated rings. The Morgan fingerprint density at radius 2 is 1.89 bits per heavy atom. The summed E-state index contributed by atoms with van der Waals surface area (Å²) in [5.74, 6) is -0.196. The first-order chi connectivity index (χ1) is 8.74. The number of fused-ring (bicyclic) bond motifs is 1. The minimum absolute atomic E-state index is 0.0781. The fourth-order valence-corrected chi connectivity index (χ4v) is 2.21. The first-order valence-corrected chi connectivity index (χ1v) is 6.15. The number of benzene rings is 2. The van der Waals surface area contributed by atoms with E-state index in [-0.39, 0.29) is 11.9 Å². The smallest absolute Gasteiger partial charge is 0.131 e. The van der Waals surface area contributed by atoms with Crippen LogP contribution in [0.4, 0.5) is 4.39 Å². The molecule has 0 radical (unpaired) electrons. The van der Waals surface area contributed by atoms with E-state index in [0.717, 1.165) is 23.8 Å². The molecule has 0 aliphatic heterocycles. The average molecular weight is 247 g/mol. The summed E-state index contributed by atoms with van der Waals surface area (Å²) >= 11 is 0. The molecule has 18 heavy (non-hydrogen) atoms. The van der Waals surface area contributed by atoms with Gasteiger partial charge in [0.05, 0.1) is 0 Å². The SMILES string of the molecule is COCCCC(N)c1ccc(F)c2ccccc12. The van der Waals surface area contributed by atoms with E-state index >= 15 is 0 Å². The van der Waals surface area contributed by atoms with Crippen LogP contribution in [0.15, 0.2) is 36.4 Å². The second kappa shape index (κ2) is 5.94. The molecule has 3 heteroatoms. The lowest BCUT2D eigenvalue weighted by Crippen LogP contribution is -2.11. The maximum Gasteiger partial charge on any atom is 0.131 e. The van der Waals surface area contributed by atoms with Crippen LogP contribution >= 0.6 is 0 Å². The highest BCUT2D eigenvalue weighted by molar-refractivity contribution is 5.86. The Morgan fingerprint density at radius 3 is 2.61 bits per heavy atom. The third kappa shape index (κ3) is 2.68. The van der Waals surface area contributed by atoms with E-state index in [9.17, 15) is 4.39 Å². The normalized spacial score (nSPS) is 12.8. The van der Waals surface area contributed by atoms with Gasteiger partial charge in [-0.25, -0.2) is 4.39 Å². The molecule has 1 atom stereocenters. The third-order valence-corrected chi connectivity index (χ3v) is 3.17. The van der Waals surface area contributed by atoms with Crippen molar-refractivity contribution >= 4 is 10.8 Å². The quantitative estimate of drug-likeness (QED) is 0.822. The van der Waals surface area contributed by atoms with Gasteiger partial charge in [0.2, 0.25) is 0 Å². The van der Waals surface area contributed by atoms with Crippen LogP contribution in [0.2, 0.25) is 0 Å². The summed E-state index contributed by atoms with van der Waals surface area (Å²) in [6, 6.07) is 10.7. The molecule has 0 aromatic heterocycles. The van der Waals surface area contributed by atoms with Crippen molar-refractivity contribution in [2.75, 3.05) is 13.7 Å². The highest BCUT2D eigenvalue weighted by Gasteiger charge is 2.11. The molecule has 1 unspecified atom stereocenters. The molecule has 2 rings (SSSR count). The number of ether oxygens (including phenoxy) is 1. The van der Waals surface area contributed by atoms with Crippen molar-refractivity contribution in [1.82, 2.24) is 0 Å². The van der Waals surface area contributed by atoms with Crippen molar-refractivity contribution < 1.29 is 9.13 Å². The second-order valence-corrected chi connectivity index (χ2v) is 4.42. The van der Waals surface area contributed by atoms with Gasteiger partial charge < -0.3 is 10.5 Å². The van der Waals surface area contributed by atoms with E-state index in [4.69, 9.17) is 10.5 Å². The van der Waals surface area contributed by atoms with Crippen LogP contribution in [-0.2, 0) is 4.74 Å². The molecule has 2 aromatic rings. The molecule has 0 aliphatic carbocycles. The van der Waals surface area contributed by atoms with Crippen LogP contribution in [0.5, 0.6) is 0 Å². The lowest BCUT2D eigenvalue weighted by Gasteiger charge is -2.15. The van der Waals surface area contributed by atoms with Crippen molar-refractivity contribution in [2.45, 2.75) is 18.9 Å². The second-order valence-electron chi connectivity index (χ2n) is 4.42. The summed E-state index contributed by atoms with van der Waals surface area (Å²) in [4.78, 5) is 0. The maximum atomic E-state index is 13.7. The van der Waals surface area contributed by atoms with E-state index in [1.54, 1.807) is 19.2 Å². The maximum absolute atomic E-state index is 13.7. The van der Waals surface area contributed by atoms with Crippen molar-refractivity contribution in [3.8, 4) is 0 Å². The summed E-state index contributed by atoms with van der Waals surface area (Å²) in [5, 5.41) is 1.54. The molecule has 0 bridgehead atoms. The fraction of sp³-hybridized carbons (Fsp3) is 0.333. The molecule has 2 N–H and O–H groups in total. The van der Waals surface area contributed by atoms with Gasteiger partial charge in [0, 0.05) is 25.1 Å². The summed E-state index contributed by atoms with van der Waals surface area (Å²) in [6.45, 7) is 0.701. The summed E-state index contributed by atoms with van der Waals surface area (Å²) in [6.07, 6.45) is 1.74. The van der Waals surface area contributed by atoms with Gasteiger partial charge >= 0.3 is 0 Å². The van der Waals surface area contributed by atoms with Crippen molar-refractivity contribution in [3.63, 3.8) is 0 Å². The van der Waals surface area contributed by atoms with Gasteiger partial charge in [-0.1, -0.05) is 30.3 Å². The molecule has 0 aliphatic rings. The molecule has 0 spiro atoms. The number of hydrogen-bond acceptors (Lipinski definition) is 2. The molecule has 0 saturated carbocycles. The zero-order chi connectivity index (χ0) is 13.0. The van der Waals surface area contributed by atoms with Gasteiger partial charge in [-0.15, -0.1) is 0 Å². The summed E-state index contributed by atoms with van der Waals surface area (Å²) < 4.78 is 18.7. The summed E-state index contributed by atoms with van der Waals surface area (Å²) in [7, 11) is 1.68. The Morgan fingerprint density at radius 1 is 1.17 bits per heavy atom. The van der Waals surface area contributed by atoms with Crippen molar-refractivity contribution in [3.05, 3.63) is 47.8 Å². The van der Waals surface area contributed by atoms with Gasteiger partial charge in [-0.3, -0.25) is 0 Å². The van der Waals surface area contributed by atoms with Crippen LogP contribution in [0.3, 0.4) is 0 Å². The molecule has 0 amide bonds. The van der Waals surface area contributed by atoms with Gasteiger partial charge in [0.15, 0.2) is 0 Å². The van der Waals surface area contributed by atoms with Gasteiger partial charge in [0.1, 0.15) is 5.82 Å². The molecule has 2 nitrogen and oxygen atoms in total. The largest absolute Gasteiger partial charge is 0.385 e. The Bertz CT molecular complexity index is 527. The minimum Gasteiger partial charge on any atom is -0.385 e. The number of halogens is 1. The van der Waals surface area contributed by atoms with Gasteiger partial charge in [-0.05, 0) is 29.9 Å². The Balaban J connectivity index is 2.30. The predicted molar refractivity (Wildman–Crippen MR) is 71.9 cm³/mol. The molecule has 0 heterocycles. The Kier molecular flexibility index (Phi) is 4.28. The fourth-order valence-electron chi connectivity index (χ4n) is 2.21. The topological polar surface area (TPSA) is 35.2 Å².